The molecule has 0 saturated carbocycles. The van der Waals surface area contributed by atoms with Gasteiger partial charge in [-0.25, -0.2) is 4.79 Å². The van der Waals surface area contributed by atoms with Crippen LogP contribution in [0.25, 0.3) is 0 Å². The molecule has 2 rings (SSSR count). The summed E-state index contributed by atoms with van der Waals surface area (Å²) in [4.78, 5) is 61.0. The predicted molar refractivity (Wildman–Crippen MR) is 124 cm³/mol. The van der Waals surface area contributed by atoms with Crippen LogP contribution < -0.4 is 27.0 Å². The first kappa shape index (κ1) is 26.9. The largest absolute Gasteiger partial charge is 0.508 e. The summed E-state index contributed by atoms with van der Waals surface area (Å²) in [7, 11) is 0. The highest BCUT2D eigenvalue weighted by Crippen LogP contribution is 2.13. The van der Waals surface area contributed by atoms with Crippen LogP contribution >= 0.6 is 12.6 Å². The van der Waals surface area contributed by atoms with Crippen molar-refractivity contribution in [1.29, 1.82) is 0 Å². The minimum Gasteiger partial charge on any atom is -0.508 e. The standard InChI is InChI=1S/C21H29N5O7S/c22-17(28)9-15(20(31)26-16(10-34)21(32)33)25-19(30)14(8-11-3-5-12(27)6-4-11)24-18(29)13-2-1-7-23-13/h3-6,13-16,23,27,34H,1-2,7-10H2,(H2,22,28)(H,24,29)(H,25,30)(H,26,31)(H,32,33). The Morgan fingerprint density at radius 2 is 1.65 bits per heavy atom. The average molecular weight is 496 g/mol. The van der Waals surface area contributed by atoms with Crippen LogP contribution in [0.1, 0.15) is 24.8 Å². The van der Waals surface area contributed by atoms with E-state index in [0.29, 0.717) is 18.5 Å². The molecular weight excluding hydrogens is 466 g/mol. The number of carboxylic acids is 1. The van der Waals surface area contributed by atoms with E-state index in [0.717, 1.165) is 6.42 Å². The highest BCUT2D eigenvalue weighted by Gasteiger charge is 2.32. The maximum Gasteiger partial charge on any atom is 0.327 e. The predicted octanol–water partition coefficient (Wildman–Crippen LogP) is -1.97. The lowest BCUT2D eigenvalue weighted by Gasteiger charge is -2.24. The summed E-state index contributed by atoms with van der Waals surface area (Å²) in [5.41, 5.74) is 5.82. The van der Waals surface area contributed by atoms with Crippen molar-refractivity contribution in [3.05, 3.63) is 29.8 Å². The van der Waals surface area contributed by atoms with Gasteiger partial charge >= 0.3 is 5.97 Å². The Morgan fingerprint density at radius 1 is 1.03 bits per heavy atom. The Morgan fingerprint density at radius 3 is 2.18 bits per heavy atom. The lowest BCUT2D eigenvalue weighted by Crippen LogP contribution is -2.58. The summed E-state index contributed by atoms with van der Waals surface area (Å²) in [6.45, 7) is 0.670. The fourth-order valence-electron chi connectivity index (χ4n) is 3.40. The SMILES string of the molecule is NC(=O)CC(NC(=O)C(Cc1ccc(O)cc1)NC(=O)C1CCCN1)C(=O)NC(CS)C(=O)O. The smallest absolute Gasteiger partial charge is 0.327 e. The van der Waals surface area contributed by atoms with Crippen LogP contribution in [-0.2, 0) is 30.4 Å². The minimum absolute atomic E-state index is 0.0271. The van der Waals surface area contributed by atoms with Gasteiger partial charge < -0.3 is 37.2 Å². The molecule has 186 valence electrons. The van der Waals surface area contributed by atoms with E-state index in [9.17, 15) is 29.1 Å². The van der Waals surface area contributed by atoms with Gasteiger partial charge in [-0.1, -0.05) is 12.1 Å². The molecule has 0 aliphatic carbocycles. The van der Waals surface area contributed by atoms with Gasteiger partial charge in [-0.3, -0.25) is 19.2 Å². The maximum atomic E-state index is 13.1. The van der Waals surface area contributed by atoms with Gasteiger partial charge in [0.25, 0.3) is 0 Å². The number of amides is 4. The van der Waals surface area contributed by atoms with Crippen LogP contribution in [0.2, 0.25) is 0 Å². The number of aliphatic carboxylic acids is 1. The number of carbonyl (C=O) groups excluding carboxylic acids is 4. The number of nitrogens with two attached hydrogens (primary N) is 1. The quantitative estimate of drug-likeness (QED) is 0.153. The second-order valence-corrected chi connectivity index (χ2v) is 8.26. The third kappa shape index (κ3) is 8.23. The van der Waals surface area contributed by atoms with Gasteiger partial charge in [0.05, 0.1) is 12.5 Å². The zero-order valence-corrected chi connectivity index (χ0v) is 19.2. The van der Waals surface area contributed by atoms with Crippen molar-refractivity contribution in [2.75, 3.05) is 12.3 Å². The number of thiol groups is 1. The molecule has 13 heteroatoms. The van der Waals surface area contributed by atoms with E-state index in [1.165, 1.54) is 12.1 Å². The molecule has 4 unspecified atom stereocenters. The van der Waals surface area contributed by atoms with Crippen LogP contribution in [0.3, 0.4) is 0 Å². The van der Waals surface area contributed by atoms with E-state index in [1.54, 1.807) is 12.1 Å². The topological polar surface area (TPSA) is 200 Å². The van der Waals surface area contributed by atoms with Crippen molar-refractivity contribution in [2.24, 2.45) is 5.73 Å². The Kier molecular flexibility index (Phi) is 10.1. The molecule has 4 amide bonds. The first-order valence-electron chi connectivity index (χ1n) is 10.6. The normalized spacial score (nSPS) is 17.7. The lowest BCUT2D eigenvalue weighted by molar-refractivity contribution is -0.141. The van der Waals surface area contributed by atoms with Gasteiger partial charge in [0.15, 0.2) is 0 Å². The van der Waals surface area contributed by atoms with Crippen molar-refractivity contribution < 1.29 is 34.2 Å². The number of phenols is 1. The van der Waals surface area contributed by atoms with Gasteiger partial charge in [0, 0.05) is 12.2 Å². The molecule has 1 heterocycles. The lowest BCUT2D eigenvalue weighted by atomic mass is 10.0. The molecule has 1 saturated heterocycles. The molecule has 0 bridgehead atoms. The molecule has 0 radical (unpaired) electrons. The number of aromatic hydroxyl groups is 1. The fraction of sp³-hybridized carbons (Fsp3) is 0.476. The van der Waals surface area contributed by atoms with Gasteiger partial charge in [0.2, 0.25) is 23.6 Å². The number of hydrogen-bond donors (Lipinski definition) is 8. The van der Waals surface area contributed by atoms with Crippen molar-refractivity contribution in [2.45, 2.75) is 49.9 Å². The summed E-state index contributed by atoms with van der Waals surface area (Å²) in [6.07, 6.45) is 0.862. The highest BCUT2D eigenvalue weighted by molar-refractivity contribution is 7.80. The Balaban J connectivity index is 2.19. The van der Waals surface area contributed by atoms with E-state index in [-0.39, 0.29) is 17.9 Å². The van der Waals surface area contributed by atoms with Gasteiger partial charge in [-0.2, -0.15) is 12.6 Å². The van der Waals surface area contributed by atoms with E-state index in [1.807, 2.05) is 0 Å². The average Bonchev–Trinajstić information content (AvgIpc) is 3.32. The third-order valence-corrected chi connectivity index (χ3v) is 5.59. The molecule has 1 fully saturated rings. The van der Waals surface area contributed by atoms with E-state index in [2.05, 4.69) is 33.9 Å². The Bertz CT molecular complexity index is 905. The van der Waals surface area contributed by atoms with Crippen LogP contribution in [0.15, 0.2) is 24.3 Å². The number of rotatable bonds is 12. The molecule has 12 nitrogen and oxygen atoms in total. The second kappa shape index (κ2) is 12.8. The number of primary amides is 1. The van der Waals surface area contributed by atoms with Crippen LogP contribution in [-0.4, -0.2) is 76.3 Å². The molecule has 4 atom stereocenters. The van der Waals surface area contributed by atoms with Crippen LogP contribution in [0, 0.1) is 0 Å². The third-order valence-electron chi connectivity index (χ3n) is 5.22. The number of hydrogen-bond acceptors (Lipinski definition) is 8. The molecule has 1 aromatic rings. The molecule has 0 aromatic heterocycles. The number of nitrogens with one attached hydrogen (secondary N) is 4. The van der Waals surface area contributed by atoms with E-state index < -0.39 is 60.2 Å². The first-order chi connectivity index (χ1) is 16.1. The van der Waals surface area contributed by atoms with E-state index in [4.69, 9.17) is 10.8 Å². The zero-order valence-electron chi connectivity index (χ0n) is 18.3. The second-order valence-electron chi connectivity index (χ2n) is 7.89. The fourth-order valence-corrected chi connectivity index (χ4v) is 3.65. The molecule has 34 heavy (non-hydrogen) atoms. The summed E-state index contributed by atoms with van der Waals surface area (Å²) in [5, 5.41) is 28.9. The minimum atomic E-state index is -1.46. The summed E-state index contributed by atoms with van der Waals surface area (Å²) < 4.78 is 0. The summed E-state index contributed by atoms with van der Waals surface area (Å²) >= 11 is 3.87. The van der Waals surface area contributed by atoms with Crippen LogP contribution in [0.5, 0.6) is 5.75 Å². The Hall–Kier alpha value is -3.32. The number of carboxylic acid groups (broad SMARTS) is 1. The summed E-state index contributed by atoms with van der Waals surface area (Å²) in [6, 6.07) is 1.62. The molecule has 1 aliphatic rings. The number of phenolic OH excluding ortho intramolecular Hbond substituents is 1. The number of benzene rings is 1. The van der Waals surface area contributed by atoms with Crippen molar-refractivity contribution in [3.8, 4) is 5.75 Å². The van der Waals surface area contributed by atoms with Crippen molar-refractivity contribution in [3.63, 3.8) is 0 Å². The molecule has 1 aromatic carbocycles. The molecule has 8 N–H and O–H groups in total. The van der Waals surface area contributed by atoms with E-state index >= 15 is 0 Å². The van der Waals surface area contributed by atoms with Crippen molar-refractivity contribution >= 4 is 42.2 Å². The highest BCUT2D eigenvalue weighted by atomic mass is 32.1. The summed E-state index contributed by atoms with van der Waals surface area (Å²) in [5.74, 6) is -4.51. The molecule has 0 spiro atoms. The van der Waals surface area contributed by atoms with Crippen LogP contribution in [0.4, 0.5) is 0 Å². The Labute approximate surface area is 201 Å². The maximum absolute atomic E-state index is 13.1. The zero-order chi connectivity index (χ0) is 25.3. The molecular formula is C21H29N5O7S. The van der Waals surface area contributed by atoms with Gasteiger partial charge in [0.1, 0.15) is 23.9 Å². The van der Waals surface area contributed by atoms with Gasteiger partial charge in [-0.05, 0) is 37.1 Å². The van der Waals surface area contributed by atoms with Gasteiger partial charge in [-0.15, -0.1) is 0 Å². The van der Waals surface area contributed by atoms with Crippen molar-refractivity contribution in [1.82, 2.24) is 21.3 Å². The molecule has 1 aliphatic heterocycles. The first-order valence-corrected chi connectivity index (χ1v) is 11.3. The number of carbonyl (C=O) groups is 5. The monoisotopic (exact) mass is 495 g/mol.